The molecule has 1 aliphatic rings. The van der Waals surface area contributed by atoms with Crippen LogP contribution in [0.5, 0.6) is 0 Å². The zero-order chi connectivity index (χ0) is 11.5. The normalized spacial score (nSPS) is 17.4. The molecule has 1 aromatic heterocycles. The number of ether oxygens (including phenoxy) is 1. The van der Waals surface area contributed by atoms with E-state index in [0.717, 1.165) is 22.2 Å². The highest BCUT2D eigenvalue weighted by molar-refractivity contribution is 9.10. The van der Waals surface area contributed by atoms with Crippen molar-refractivity contribution in [3.8, 4) is 0 Å². The highest BCUT2D eigenvalue weighted by Crippen LogP contribution is 2.35. The van der Waals surface area contributed by atoms with Crippen molar-refractivity contribution in [3.05, 3.63) is 20.8 Å². The molecule has 4 heteroatoms. The highest BCUT2D eigenvalue weighted by Gasteiger charge is 2.36. The van der Waals surface area contributed by atoms with Crippen LogP contribution >= 0.6 is 27.3 Å². The van der Waals surface area contributed by atoms with Crippen molar-refractivity contribution in [2.75, 3.05) is 6.61 Å². The van der Waals surface area contributed by atoms with Crippen LogP contribution in [-0.2, 0) is 16.0 Å². The minimum Gasteiger partial charge on any atom is -0.370 e. The largest absolute Gasteiger partial charge is 0.370 e. The molecule has 0 amide bonds. The van der Waals surface area contributed by atoms with Crippen molar-refractivity contribution in [2.45, 2.75) is 32.3 Å². The van der Waals surface area contributed by atoms with Gasteiger partial charge in [0.1, 0.15) is 6.10 Å². The Morgan fingerprint density at radius 1 is 1.69 bits per heavy atom. The topological polar surface area (TPSA) is 26.3 Å². The molecular formula is C12H15BrO2S. The number of rotatable bonds is 6. The number of carbonyl (C=O) groups excluding carboxylic acids is 1. The third kappa shape index (κ3) is 3.15. The van der Waals surface area contributed by atoms with E-state index >= 15 is 0 Å². The van der Waals surface area contributed by atoms with Crippen LogP contribution in [0.1, 0.15) is 24.6 Å². The van der Waals surface area contributed by atoms with Crippen molar-refractivity contribution in [1.29, 1.82) is 0 Å². The third-order valence-electron chi connectivity index (χ3n) is 2.68. The smallest absolute Gasteiger partial charge is 0.167 e. The molecule has 1 aliphatic carbocycles. The molecule has 16 heavy (non-hydrogen) atoms. The van der Waals surface area contributed by atoms with Gasteiger partial charge in [-0.05, 0) is 47.7 Å². The number of carbonyl (C=O) groups is 1. The Bertz CT molecular complexity index is 371. The van der Waals surface area contributed by atoms with Crippen molar-refractivity contribution in [1.82, 2.24) is 0 Å². The third-order valence-corrected chi connectivity index (χ3v) is 4.38. The summed E-state index contributed by atoms with van der Waals surface area (Å²) in [5, 5.41) is 2.01. The van der Waals surface area contributed by atoms with Crippen LogP contribution in [0.3, 0.4) is 0 Å². The lowest BCUT2D eigenvalue weighted by atomic mass is 10.1. The molecule has 0 aliphatic heterocycles. The van der Waals surface area contributed by atoms with E-state index in [0.29, 0.717) is 18.9 Å². The SMILES string of the molecule is CCOC(C(=O)Cc1cc(Br)cs1)C1CC1. The maximum atomic E-state index is 12.1. The number of hydrogen-bond donors (Lipinski definition) is 0. The molecule has 2 nitrogen and oxygen atoms in total. The monoisotopic (exact) mass is 302 g/mol. The predicted molar refractivity (Wildman–Crippen MR) is 68.9 cm³/mol. The Kier molecular flexibility index (Phi) is 4.16. The fraction of sp³-hybridized carbons (Fsp3) is 0.583. The molecular weight excluding hydrogens is 288 g/mol. The first-order chi connectivity index (χ1) is 7.70. The summed E-state index contributed by atoms with van der Waals surface area (Å²) in [6.07, 6.45) is 2.64. The predicted octanol–water partition coefficient (Wildman–Crippen LogP) is 3.44. The first-order valence-corrected chi connectivity index (χ1v) is 7.25. The summed E-state index contributed by atoms with van der Waals surface area (Å²) in [6, 6.07) is 2.01. The Hall–Kier alpha value is -0.190. The molecule has 0 bridgehead atoms. The molecule has 88 valence electrons. The standard InChI is InChI=1S/C12H15BrO2S/c1-2-15-12(8-3-4-8)11(14)6-10-5-9(13)7-16-10/h5,7-8,12H,2-4,6H2,1H3. The van der Waals surface area contributed by atoms with E-state index in [4.69, 9.17) is 4.74 Å². The fourth-order valence-electron chi connectivity index (χ4n) is 1.79. The minimum atomic E-state index is -0.161. The van der Waals surface area contributed by atoms with Gasteiger partial charge in [0, 0.05) is 27.8 Å². The van der Waals surface area contributed by atoms with Gasteiger partial charge >= 0.3 is 0 Å². The number of halogens is 1. The summed E-state index contributed by atoms with van der Waals surface area (Å²) in [5.74, 6) is 0.717. The zero-order valence-electron chi connectivity index (χ0n) is 9.24. The Morgan fingerprint density at radius 2 is 2.44 bits per heavy atom. The van der Waals surface area contributed by atoms with E-state index in [1.807, 2.05) is 18.4 Å². The van der Waals surface area contributed by atoms with Crippen LogP contribution in [0.2, 0.25) is 0 Å². The van der Waals surface area contributed by atoms with Gasteiger partial charge in [0.15, 0.2) is 5.78 Å². The molecule has 0 N–H and O–H groups in total. The molecule has 1 unspecified atom stereocenters. The van der Waals surface area contributed by atoms with Crippen LogP contribution in [0.15, 0.2) is 15.9 Å². The summed E-state index contributed by atoms with van der Waals surface area (Å²) < 4.78 is 6.61. The molecule has 1 atom stereocenters. The lowest BCUT2D eigenvalue weighted by Crippen LogP contribution is -2.27. The number of ketones is 1. The van der Waals surface area contributed by atoms with Gasteiger partial charge in [-0.15, -0.1) is 11.3 Å². The highest BCUT2D eigenvalue weighted by atomic mass is 79.9. The second-order valence-electron chi connectivity index (χ2n) is 4.09. The maximum Gasteiger partial charge on any atom is 0.167 e. The Labute approximate surface area is 108 Å². The molecule has 1 aromatic rings. The summed E-state index contributed by atoms with van der Waals surface area (Å²) in [5.41, 5.74) is 0. The maximum absolute atomic E-state index is 12.1. The van der Waals surface area contributed by atoms with Crippen LogP contribution in [0, 0.1) is 5.92 Å². The van der Waals surface area contributed by atoms with Crippen LogP contribution in [0.25, 0.3) is 0 Å². The second-order valence-corrected chi connectivity index (χ2v) is 6.00. The van der Waals surface area contributed by atoms with Crippen LogP contribution in [-0.4, -0.2) is 18.5 Å². The van der Waals surface area contributed by atoms with E-state index in [-0.39, 0.29) is 11.9 Å². The van der Waals surface area contributed by atoms with Gasteiger partial charge < -0.3 is 4.74 Å². The molecule has 1 saturated carbocycles. The van der Waals surface area contributed by atoms with Gasteiger partial charge in [-0.2, -0.15) is 0 Å². The van der Waals surface area contributed by atoms with E-state index < -0.39 is 0 Å². The fourth-order valence-corrected chi connectivity index (χ4v) is 3.25. The van der Waals surface area contributed by atoms with Crippen molar-refractivity contribution in [3.63, 3.8) is 0 Å². The summed E-state index contributed by atoms with van der Waals surface area (Å²) >= 11 is 5.02. The first kappa shape index (κ1) is 12.3. The number of Topliss-reactive ketones (excluding diaryl/α,β-unsaturated/α-hetero) is 1. The number of thiophene rings is 1. The van der Waals surface area contributed by atoms with Crippen LogP contribution < -0.4 is 0 Å². The van der Waals surface area contributed by atoms with E-state index in [1.54, 1.807) is 11.3 Å². The molecule has 0 radical (unpaired) electrons. The molecule has 0 aromatic carbocycles. The summed E-state index contributed by atoms with van der Waals surface area (Å²) in [4.78, 5) is 13.2. The van der Waals surface area contributed by atoms with E-state index in [1.165, 1.54) is 0 Å². The minimum absolute atomic E-state index is 0.161. The lowest BCUT2D eigenvalue weighted by Gasteiger charge is -2.14. The van der Waals surface area contributed by atoms with Gasteiger partial charge in [0.2, 0.25) is 0 Å². The van der Waals surface area contributed by atoms with Gasteiger partial charge in [0.25, 0.3) is 0 Å². The van der Waals surface area contributed by atoms with Crippen LogP contribution in [0.4, 0.5) is 0 Å². The molecule has 1 heterocycles. The Balaban J connectivity index is 1.94. The van der Waals surface area contributed by atoms with Crippen molar-refractivity contribution < 1.29 is 9.53 Å². The zero-order valence-corrected chi connectivity index (χ0v) is 11.6. The first-order valence-electron chi connectivity index (χ1n) is 5.58. The summed E-state index contributed by atoms with van der Waals surface area (Å²) in [7, 11) is 0. The Morgan fingerprint density at radius 3 is 2.94 bits per heavy atom. The summed E-state index contributed by atoms with van der Waals surface area (Å²) in [6.45, 7) is 2.57. The van der Waals surface area contributed by atoms with E-state index in [9.17, 15) is 4.79 Å². The molecule has 0 spiro atoms. The average Bonchev–Trinajstić information content (AvgIpc) is 3.00. The van der Waals surface area contributed by atoms with E-state index in [2.05, 4.69) is 15.9 Å². The average molecular weight is 303 g/mol. The van der Waals surface area contributed by atoms with Gasteiger partial charge in [-0.1, -0.05) is 0 Å². The second kappa shape index (κ2) is 5.43. The van der Waals surface area contributed by atoms with Crippen molar-refractivity contribution >= 4 is 33.0 Å². The lowest BCUT2D eigenvalue weighted by molar-refractivity contribution is -0.130. The molecule has 2 rings (SSSR count). The van der Waals surface area contributed by atoms with Crippen molar-refractivity contribution in [2.24, 2.45) is 5.92 Å². The van der Waals surface area contributed by atoms with Gasteiger partial charge in [-0.25, -0.2) is 0 Å². The molecule has 1 fully saturated rings. The molecule has 0 saturated heterocycles. The van der Waals surface area contributed by atoms with Gasteiger partial charge in [-0.3, -0.25) is 4.79 Å². The quantitative estimate of drug-likeness (QED) is 0.805. The van der Waals surface area contributed by atoms with Gasteiger partial charge in [0.05, 0.1) is 0 Å². The number of hydrogen-bond acceptors (Lipinski definition) is 3.